The number of carbonyl (C=O) groups excluding carboxylic acids is 1. The molecule has 0 radical (unpaired) electrons. The van der Waals surface area contributed by atoms with Gasteiger partial charge in [0.1, 0.15) is 0 Å². The Morgan fingerprint density at radius 1 is 0.652 bits per heavy atom. The average Bonchev–Trinajstić information content (AvgIpc) is 4.01. The molecule has 19 heteroatoms. The van der Waals surface area contributed by atoms with Crippen LogP contribution >= 0.6 is 0 Å². The van der Waals surface area contributed by atoms with Crippen molar-refractivity contribution in [2.75, 3.05) is 77.1 Å². The summed E-state index contributed by atoms with van der Waals surface area (Å²) in [4.78, 5) is 48.2. The first kappa shape index (κ1) is 47.9. The molecule has 2 aromatic carbocycles. The maximum absolute atomic E-state index is 12.6. The number of carboxylic acid groups (broad SMARTS) is 1. The quantitative estimate of drug-likeness (QED) is 0.117. The van der Waals surface area contributed by atoms with Gasteiger partial charge in [-0.3, -0.25) is 14.2 Å². The molecular formula is C50H58N16O3. The van der Waals surface area contributed by atoms with Gasteiger partial charge in [-0.2, -0.15) is 20.7 Å². The molecule has 69 heavy (non-hydrogen) atoms. The highest BCUT2D eigenvalue weighted by atomic mass is 16.4. The zero-order valence-electron chi connectivity index (χ0n) is 39.5. The summed E-state index contributed by atoms with van der Waals surface area (Å²) in [5.41, 5.74) is 7.79. The van der Waals surface area contributed by atoms with Gasteiger partial charge in [-0.25, -0.2) is 24.7 Å². The Kier molecular flexibility index (Phi) is 15.3. The Hall–Kier alpha value is -7.58. The molecule has 356 valence electrons. The van der Waals surface area contributed by atoms with Crippen LogP contribution in [0.1, 0.15) is 69.6 Å². The van der Waals surface area contributed by atoms with Gasteiger partial charge in [-0.1, -0.05) is 24.3 Å². The van der Waals surface area contributed by atoms with Crippen LogP contribution < -0.4 is 16.0 Å². The molecular weight excluding hydrogens is 873 g/mol. The molecule has 19 nitrogen and oxygen atoms in total. The molecule has 4 aliphatic heterocycles. The SMILES string of the molecule is Cc1cnc(Nc2cnn(C3CCN(C)CC3)c2)nc1-c1ccc(C(=O)N2CC(C#N)C2)cc1.Cc1cnc(Nc2cnn(C3CCN(C)CC3)c2)nc1-c1ccc(C(=O)O)cc1.N#CC1CNC1. The van der Waals surface area contributed by atoms with Crippen molar-refractivity contribution in [3.63, 3.8) is 0 Å². The van der Waals surface area contributed by atoms with Crippen molar-refractivity contribution in [1.82, 2.24) is 59.5 Å². The van der Waals surface area contributed by atoms with E-state index >= 15 is 0 Å². The zero-order chi connectivity index (χ0) is 48.4. The van der Waals surface area contributed by atoms with E-state index < -0.39 is 5.97 Å². The molecule has 4 fully saturated rings. The molecule has 6 aromatic rings. The molecule has 1 amide bonds. The van der Waals surface area contributed by atoms with Crippen LogP contribution in [0.15, 0.2) is 85.7 Å². The predicted molar refractivity (Wildman–Crippen MR) is 261 cm³/mol. The van der Waals surface area contributed by atoms with Crippen LogP contribution in [0.25, 0.3) is 22.5 Å². The highest BCUT2D eigenvalue weighted by molar-refractivity contribution is 5.95. The molecule has 4 aliphatic rings. The average molecular weight is 931 g/mol. The summed E-state index contributed by atoms with van der Waals surface area (Å²) < 4.78 is 4.06. The van der Waals surface area contributed by atoms with Gasteiger partial charge >= 0.3 is 5.97 Å². The van der Waals surface area contributed by atoms with Crippen LogP contribution in [0.4, 0.5) is 23.3 Å². The van der Waals surface area contributed by atoms with Crippen LogP contribution in [0.3, 0.4) is 0 Å². The number of hydrogen-bond acceptors (Lipinski definition) is 15. The van der Waals surface area contributed by atoms with Gasteiger partial charge in [0.2, 0.25) is 11.9 Å². The summed E-state index contributed by atoms with van der Waals surface area (Å²) in [6, 6.07) is 19.3. The largest absolute Gasteiger partial charge is 0.478 e. The third kappa shape index (κ3) is 12.1. The third-order valence-corrected chi connectivity index (χ3v) is 12.9. The first-order valence-electron chi connectivity index (χ1n) is 23.3. The zero-order valence-corrected chi connectivity index (χ0v) is 39.5. The van der Waals surface area contributed by atoms with Crippen LogP contribution in [-0.2, 0) is 0 Å². The third-order valence-electron chi connectivity index (χ3n) is 12.9. The van der Waals surface area contributed by atoms with E-state index in [9.17, 15) is 9.59 Å². The van der Waals surface area contributed by atoms with E-state index in [0.717, 1.165) is 110 Å². The number of aromatic nitrogens is 8. The van der Waals surface area contributed by atoms with E-state index in [1.165, 1.54) is 0 Å². The molecule has 4 aromatic heterocycles. The summed E-state index contributed by atoms with van der Waals surface area (Å²) in [6.45, 7) is 11.0. The van der Waals surface area contributed by atoms with Crippen LogP contribution in [0, 0.1) is 48.3 Å². The van der Waals surface area contributed by atoms with Gasteiger partial charge < -0.3 is 35.8 Å². The summed E-state index contributed by atoms with van der Waals surface area (Å²) in [7, 11) is 4.30. The van der Waals surface area contributed by atoms with Gasteiger partial charge in [0.05, 0.1) is 76.8 Å². The monoisotopic (exact) mass is 930 g/mol. The van der Waals surface area contributed by atoms with Gasteiger partial charge in [-0.05, 0) is 115 Å². The van der Waals surface area contributed by atoms with Gasteiger partial charge in [0.25, 0.3) is 5.91 Å². The maximum Gasteiger partial charge on any atom is 0.335 e. The fourth-order valence-corrected chi connectivity index (χ4v) is 8.40. The molecule has 4 N–H and O–H groups in total. The number of carbonyl (C=O) groups is 2. The molecule has 0 unspecified atom stereocenters. The number of aromatic carboxylic acids is 1. The summed E-state index contributed by atoms with van der Waals surface area (Å²) >= 11 is 0. The molecule has 0 spiro atoms. The molecule has 10 rings (SSSR count). The molecule has 0 atom stereocenters. The van der Waals surface area contributed by atoms with Crippen molar-refractivity contribution < 1.29 is 14.7 Å². The highest BCUT2D eigenvalue weighted by Crippen LogP contribution is 2.28. The lowest BCUT2D eigenvalue weighted by molar-refractivity contribution is 0.0576. The van der Waals surface area contributed by atoms with Gasteiger partial charge in [0.15, 0.2) is 0 Å². The number of carboxylic acids is 1. The molecule has 0 bridgehead atoms. The van der Waals surface area contributed by atoms with E-state index in [4.69, 9.17) is 20.6 Å². The van der Waals surface area contributed by atoms with Gasteiger partial charge in [-0.15, -0.1) is 0 Å². The predicted octanol–water partition coefficient (Wildman–Crippen LogP) is 6.34. The molecule has 4 saturated heterocycles. The number of benzene rings is 2. The lowest BCUT2D eigenvalue weighted by atomic mass is 10.00. The number of likely N-dealkylation sites (tertiary alicyclic amines) is 3. The minimum Gasteiger partial charge on any atom is -0.478 e. The Bertz CT molecular complexity index is 2790. The summed E-state index contributed by atoms with van der Waals surface area (Å²) in [5.74, 6) is 0.267. The number of anilines is 4. The Morgan fingerprint density at radius 2 is 1.09 bits per heavy atom. The van der Waals surface area contributed by atoms with Crippen molar-refractivity contribution in [2.24, 2.45) is 11.8 Å². The number of amides is 1. The van der Waals surface area contributed by atoms with Gasteiger partial charge in [0, 0.05) is 67.7 Å². The second-order valence-corrected chi connectivity index (χ2v) is 18.2. The van der Waals surface area contributed by atoms with Crippen LogP contribution in [0.5, 0.6) is 0 Å². The van der Waals surface area contributed by atoms with Crippen molar-refractivity contribution in [2.45, 2.75) is 51.6 Å². The number of rotatable bonds is 10. The number of nitriles is 2. The fraction of sp³-hybridized carbons (Fsp3) is 0.400. The number of aryl methyl sites for hydroxylation is 2. The van der Waals surface area contributed by atoms with E-state index in [1.54, 1.807) is 47.8 Å². The molecule has 8 heterocycles. The normalized spacial score (nSPS) is 16.9. The van der Waals surface area contributed by atoms with E-state index in [2.05, 4.69) is 77.1 Å². The highest BCUT2D eigenvalue weighted by Gasteiger charge is 2.31. The minimum atomic E-state index is -0.945. The first-order chi connectivity index (χ1) is 33.4. The second kappa shape index (κ2) is 22.0. The minimum absolute atomic E-state index is 0.0403. The first-order valence-corrected chi connectivity index (χ1v) is 23.3. The van der Waals surface area contributed by atoms with Crippen molar-refractivity contribution in [1.29, 1.82) is 10.5 Å². The number of hydrogen-bond donors (Lipinski definition) is 4. The number of nitrogens with zero attached hydrogens (tertiary/aromatic N) is 13. The van der Waals surface area contributed by atoms with Crippen LogP contribution in [0.2, 0.25) is 0 Å². The van der Waals surface area contributed by atoms with Crippen LogP contribution in [-0.4, -0.2) is 138 Å². The van der Waals surface area contributed by atoms with E-state index in [-0.39, 0.29) is 17.4 Å². The topological polar surface area (TPSA) is 235 Å². The Morgan fingerprint density at radius 3 is 1.46 bits per heavy atom. The fourth-order valence-electron chi connectivity index (χ4n) is 8.40. The number of piperidine rings is 2. The maximum atomic E-state index is 12.6. The smallest absolute Gasteiger partial charge is 0.335 e. The lowest BCUT2D eigenvalue weighted by Crippen LogP contribution is -2.49. The van der Waals surface area contributed by atoms with E-state index in [1.807, 2.05) is 66.1 Å². The number of nitrogens with one attached hydrogen (secondary N) is 3. The molecule has 0 aliphatic carbocycles. The summed E-state index contributed by atoms with van der Waals surface area (Å²) in [5, 5.41) is 44.6. The standard InChI is InChI=1S/C25H28N8O.C21H24N6O2.C4H6N2/c1-17-12-27-25(29-21-13-28-33(16-21)22-7-9-31(2)10-8-22)30-23(17)19-3-5-20(6-4-19)24(34)32-14-18(11-26)15-32;1-14-11-22-21(25-19(14)15-3-5-16(6-4-15)20(28)29)24-17-12-23-27(13-17)18-7-9-26(2)10-8-18;5-1-4-2-6-3-4/h3-6,12-13,16,18,22H,7-10,14-15H2,1-2H3,(H,27,29,30);3-6,11-13,18H,7-10H2,1-2H3,(H,28,29)(H,22,24,25);4,6H,2-3H2. The van der Waals surface area contributed by atoms with Crippen molar-refractivity contribution in [3.05, 3.63) is 108 Å². The second-order valence-electron chi connectivity index (χ2n) is 18.2. The molecule has 0 saturated carbocycles. The van der Waals surface area contributed by atoms with E-state index in [0.29, 0.717) is 48.6 Å². The lowest BCUT2D eigenvalue weighted by Gasteiger charge is -2.35. The summed E-state index contributed by atoms with van der Waals surface area (Å²) in [6.07, 6.45) is 15.6. The van der Waals surface area contributed by atoms with Crippen molar-refractivity contribution >= 4 is 35.1 Å². The van der Waals surface area contributed by atoms with Crippen molar-refractivity contribution in [3.8, 4) is 34.7 Å². The Labute approximate surface area is 401 Å². The Balaban J connectivity index is 0.000000167.